The summed E-state index contributed by atoms with van der Waals surface area (Å²) >= 11 is 0. The lowest BCUT2D eigenvalue weighted by Gasteiger charge is -2.26. The van der Waals surface area contributed by atoms with E-state index < -0.39 is 4.92 Å². The molecule has 0 saturated carbocycles. The second-order valence-corrected chi connectivity index (χ2v) is 5.29. The number of nitro benzene ring substituents is 1. The van der Waals surface area contributed by atoms with Crippen LogP contribution in [0.2, 0.25) is 0 Å². The molecule has 1 heterocycles. The van der Waals surface area contributed by atoms with Gasteiger partial charge < -0.3 is 10.6 Å². The molecular formula is C14H20N4O3. The maximum Gasteiger partial charge on any atom is 0.274 e. The summed E-state index contributed by atoms with van der Waals surface area (Å²) in [5.74, 6) is -0.141. The zero-order valence-corrected chi connectivity index (χ0v) is 12.3. The molecule has 2 rings (SSSR count). The van der Waals surface area contributed by atoms with Crippen molar-refractivity contribution in [3.63, 3.8) is 0 Å². The molecule has 1 amide bonds. The van der Waals surface area contributed by atoms with Gasteiger partial charge in [0.1, 0.15) is 0 Å². The summed E-state index contributed by atoms with van der Waals surface area (Å²) in [6.45, 7) is 7.25. The van der Waals surface area contributed by atoms with Gasteiger partial charge >= 0.3 is 0 Å². The highest BCUT2D eigenvalue weighted by molar-refractivity contribution is 5.93. The number of amides is 1. The number of hydrogen-bond donors (Lipinski definition) is 2. The van der Waals surface area contributed by atoms with Crippen LogP contribution in [0, 0.1) is 24.0 Å². The van der Waals surface area contributed by atoms with Crippen LogP contribution in [0.4, 0.5) is 11.4 Å². The molecule has 114 valence electrons. The Kier molecular flexibility index (Phi) is 4.87. The Morgan fingerprint density at radius 1 is 1.33 bits per heavy atom. The van der Waals surface area contributed by atoms with Crippen molar-refractivity contribution in [1.82, 2.24) is 10.2 Å². The summed E-state index contributed by atoms with van der Waals surface area (Å²) in [5.41, 5.74) is 1.95. The van der Waals surface area contributed by atoms with Crippen molar-refractivity contribution in [3.8, 4) is 0 Å². The largest absolute Gasteiger partial charge is 0.324 e. The lowest BCUT2D eigenvalue weighted by molar-refractivity contribution is -0.385. The van der Waals surface area contributed by atoms with Crippen molar-refractivity contribution in [2.24, 2.45) is 0 Å². The third-order valence-electron chi connectivity index (χ3n) is 3.59. The van der Waals surface area contributed by atoms with Crippen LogP contribution in [0.5, 0.6) is 0 Å². The van der Waals surface area contributed by atoms with Crippen LogP contribution in [0.3, 0.4) is 0 Å². The van der Waals surface area contributed by atoms with E-state index in [2.05, 4.69) is 15.5 Å². The molecule has 7 nitrogen and oxygen atoms in total. The smallest absolute Gasteiger partial charge is 0.274 e. The first-order valence-electron chi connectivity index (χ1n) is 6.96. The summed E-state index contributed by atoms with van der Waals surface area (Å²) in [6.07, 6.45) is 0. The molecule has 1 aromatic carbocycles. The summed E-state index contributed by atoms with van der Waals surface area (Å²) in [5, 5.41) is 17.0. The molecule has 1 aliphatic heterocycles. The first-order valence-corrected chi connectivity index (χ1v) is 6.96. The molecule has 2 N–H and O–H groups in total. The molecule has 0 bridgehead atoms. The van der Waals surface area contributed by atoms with Gasteiger partial charge in [-0.15, -0.1) is 0 Å². The molecule has 0 unspecified atom stereocenters. The maximum atomic E-state index is 12.1. The summed E-state index contributed by atoms with van der Waals surface area (Å²) < 4.78 is 0. The van der Waals surface area contributed by atoms with Crippen molar-refractivity contribution in [1.29, 1.82) is 0 Å². The van der Waals surface area contributed by atoms with Gasteiger partial charge in [0.2, 0.25) is 5.91 Å². The van der Waals surface area contributed by atoms with Gasteiger partial charge in [0.15, 0.2) is 0 Å². The van der Waals surface area contributed by atoms with Gasteiger partial charge in [-0.2, -0.15) is 0 Å². The minimum Gasteiger partial charge on any atom is -0.324 e. The topological polar surface area (TPSA) is 87.5 Å². The van der Waals surface area contributed by atoms with E-state index in [0.29, 0.717) is 17.8 Å². The molecule has 0 atom stereocenters. The van der Waals surface area contributed by atoms with Gasteiger partial charge in [-0.05, 0) is 25.5 Å². The van der Waals surface area contributed by atoms with Crippen molar-refractivity contribution in [2.75, 3.05) is 38.0 Å². The van der Waals surface area contributed by atoms with Crippen molar-refractivity contribution in [3.05, 3.63) is 33.4 Å². The Labute approximate surface area is 123 Å². The first kappa shape index (κ1) is 15.4. The molecule has 1 fully saturated rings. The first-order chi connectivity index (χ1) is 9.97. The van der Waals surface area contributed by atoms with Crippen molar-refractivity contribution < 1.29 is 9.72 Å². The molecule has 1 aromatic rings. The Hall–Kier alpha value is -1.99. The SMILES string of the molecule is Cc1cc(C)c([N+](=O)[O-])cc1NC(=O)CN1CCNCC1. The summed E-state index contributed by atoms with van der Waals surface area (Å²) in [6, 6.07) is 3.15. The van der Waals surface area contributed by atoms with E-state index in [1.807, 2.05) is 6.92 Å². The second kappa shape index (κ2) is 6.64. The van der Waals surface area contributed by atoms with Crippen LogP contribution < -0.4 is 10.6 Å². The third kappa shape index (κ3) is 3.99. The Balaban J connectivity index is 2.06. The molecule has 1 saturated heterocycles. The number of piperazine rings is 1. The summed E-state index contributed by atoms with van der Waals surface area (Å²) in [4.78, 5) is 24.7. The van der Waals surface area contributed by atoms with Gasteiger partial charge in [-0.3, -0.25) is 19.8 Å². The summed E-state index contributed by atoms with van der Waals surface area (Å²) in [7, 11) is 0. The molecule has 0 aliphatic carbocycles. The fourth-order valence-corrected chi connectivity index (χ4v) is 2.43. The second-order valence-electron chi connectivity index (χ2n) is 5.29. The number of aryl methyl sites for hydroxylation is 2. The number of rotatable bonds is 4. The van der Waals surface area contributed by atoms with Gasteiger partial charge in [-0.25, -0.2) is 0 Å². The number of hydrogen-bond acceptors (Lipinski definition) is 5. The highest BCUT2D eigenvalue weighted by Crippen LogP contribution is 2.26. The monoisotopic (exact) mass is 292 g/mol. The molecule has 7 heteroatoms. The number of carbonyl (C=O) groups is 1. The van der Waals surface area contributed by atoms with Gasteiger partial charge in [0.05, 0.1) is 17.2 Å². The molecular weight excluding hydrogens is 272 g/mol. The predicted molar refractivity (Wildman–Crippen MR) is 80.5 cm³/mol. The average molecular weight is 292 g/mol. The van der Waals surface area contributed by atoms with Crippen molar-refractivity contribution >= 4 is 17.3 Å². The lowest BCUT2D eigenvalue weighted by atomic mass is 10.1. The zero-order valence-electron chi connectivity index (χ0n) is 12.3. The average Bonchev–Trinajstić information content (AvgIpc) is 2.42. The Bertz CT molecular complexity index is 553. The van der Waals surface area contributed by atoms with Crippen LogP contribution in [0.25, 0.3) is 0 Å². The van der Waals surface area contributed by atoms with Crippen LogP contribution >= 0.6 is 0 Å². The van der Waals surface area contributed by atoms with Gasteiger partial charge in [-0.1, -0.05) is 0 Å². The number of anilines is 1. The zero-order chi connectivity index (χ0) is 15.4. The predicted octanol–water partition coefficient (Wildman–Crippen LogP) is 1.06. The minimum atomic E-state index is -0.430. The maximum absolute atomic E-state index is 12.1. The Morgan fingerprint density at radius 2 is 2.00 bits per heavy atom. The van der Waals surface area contributed by atoms with Crippen LogP contribution in [0.15, 0.2) is 12.1 Å². The Morgan fingerprint density at radius 3 is 2.62 bits per heavy atom. The van der Waals surface area contributed by atoms with E-state index in [4.69, 9.17) is 0 Å². The highest BCUT2D eigenvalue weighted by Gasteiger charge is 2.17. The highest BCUT2D eigenvalue weighted by atomic mass is 16.6. The normalized spacial score (nSPS) is 15.7. The van der Waals surface area contributed by atoms with E-state index in [-0.39, 0.29) is 11.6 Å². The number of benzene rings is 1. The van der Waals surface area contributed by atoms with E-state index in [1.54, 1.807) is 13.0 Å². The molecule has 1 aliphatic rings. The van der Waals surface area contributed by atoms with E-state index in [1.165, 1.54) is 6.07 Å². The third-order valence-corrected chi connectivity index (χ3v) is 3.59. The standard InChI is InChI=1S/C14H20N4O3/c1-10-7-11(2)13(18(20)21)8-12(10)16-14(19)9-17-5-3-15-4-6-17/h7-8,15H,3-6,9H2,1-2H3,(H,16,19). The molecule has 0 spiro atoms. The fraction of sp³-hybridized carbons (Fsp3) is 0.500. The van der Waals surface area contributed by atoms with E-state index in [9.17, 15) is 14.9 Å². The minimum absolute atomic E-state index is 0.0260. The quantitative estimate of drug-likeness (QED) is 0.640. The number of carbonyl (C=O) groups excluding carboxylic acids is 1. The van der Waals surface area contributed by atoms with Crippen LogP contribution in [-0.2, 0) is 4.79 Å². The number of nitro groups is 1. The van der Waals surface area contributed by atoms with E-state index >= 15 is 0 Å². The van der Waals surface area contributed by atoms with E-state index in [0.717, 1.165) is 31.7 Å². The molecule has 0 aromatic heterocycles. The van der Waals surface area contributed by atoms with Gasteiger partial charge in [0, 0.05) is 37.8 Å². The fourth-order valence-electron chi connectivity index (χ4n) is 2.43. The van der Waals surface area contributed by atoms with Crippen molar-refractivity contribution in [2.45, 2.75) is 13.8 Å². The number of nitrogens with one attached hydrogen (secondary N) is 2. The van der Waals surface area contributed by atoms with Crippen LogP contribution in [-0.4, -0.2) is 48.5 Å². The van der Waals surface area contributed by atoms with Gasteiger partial charge in [0.25, 0.3) is 5.69 Å². The molecule has 0 radical (unpaired) electrons. The lowest BCUT2D eigenvalue weighted by Crippen LogP contribution is -2.46. The number of nitrogens with zero attached hydrogens (tertiary/aromatic N) is 2. The molecule has 21 heavy (non-hydrogen) atoms. The van der Waals surface area contributed by atoms with Crippen LogP contribution in [0.1, 0.15) is 11.1 Å².